The van der Waals surface area contributed by atoms with Crippen LogP contribution in [0.4, 0.5) is 0 Å². The van der Waals surface area contributed by atoms with E-state index in [2.05, 4.69) is 6.92 Å². The quantitative estimate of drug-likeness (QED) is 0.702. The highest BCUT2D eigenvalue weighted by Gasteiger charge is 2.45. The van der Waals surface area contributed by atoms with Gasteiger partial charge in [0.25, 0.3) is 0 Å². The van der Waals surface area contributed by atoms with E-state index in [4.69, 9.17) is 25.8 Å². The molecular formula is C11H19ClO3. The van der Waals surface area contributed by atoms with Crippen LogP contribution in [0.25, 0.3) is 0 Å². The molecule has 2 rings (SSSR count). The van der Waals surface area contributed by atoms with Gasteiger partial charge in [0, 0.05) is 12.8 Å². The van der Waals surface area contributed by atoms with Crippen LogP contribution in [0.15, 0.2) is 0 Å². The van der Waals surface area contributed by atoms with Crippen LogP contribution in [0.3, 0.4) is 0 Å². The highest BCUT2D eigenvalue weighted by atomic mass is 35.5. The summed E-state index contributed by atoms with van der Waals surface area (Å²) in [6.07, 6.45) is 4.26. The van der Waals surface area contributed by atoms with Gasteiger partial charge in [-0.05, 0) is 6.42 Å². The van der Waals surface area contributed by atoms with Crippen LogP contribution in [0.5, 0.6) is 0 Å². The van der Waals surface area contributed by atoms with E-state index in [1.54, 1.807) is 0 Å². The SMILES string of the molecule is CCCC1CC2(CCO1)OCC(CCl)O2. The summed E-state index contributed by atoms with van der Waals surface area (Å²) in [6, 6.07) is 0. The molecule has 1 spiro atoms. The molecule has 2 aliphatic heterocycles. The standard InChI is InChI=1S/C11H19ClO3/c1-2-3-9-6-11(4-5-13-9)14-8-10(7-12)15-11/h9-10H,2-8H2,1H3. The number of ether oxygens (including phenoxy) is 3. The zero-order valence-electron chi connectivity index (χ0n) is 9.21. The summed E-state index contributed by atoms with van der Waals surface area (Å²) >= 11 is 5.77. The van der Waals surface area contributed by atoms with E-state index < -0.39 is 5.79 Å². The molecule has 2 saturated heterocycles. The van der Waals surface area contributed by atoms with Crippen molar-refractivity contribution < 1.29 is 14.2 Å². The van der Waals surface area contributed by atoms with Crippen molar-refractivity contribution in [2.24, 2.45) is 0 Å². The Hall–Kier alpha value is 0.170. The van der Waals surface area contributed by atoms with E-state index in [0.717, 1.165) is 32.3 Å². The molecule has 0 aromatic heterocycles. The molecule has 0 N–H and O–H groups in total. The summed E-state index contributed by atoms with van der Waals surface area (Å²) in [5.41, 5.74) is 0. The van der Waals surface area contributed by atoms with Gasteiger partial charge in [0.1, 0.15) is 0 Å². The Morgan fingerprint density at radius 3 is 2.93 bits per heavy atom. The van der Waals surface area contributed by atoms with E-state index in [1.807, 2.05) is 0 Å². The molecule has 0 bridgehead atoms. The van der Waals surface area contributed by atoms with Crippen LogP contribution in [0.2, 0.25) is 0 Å². The Labute approximate surface area is 96.0 Å². The molecule has 2 heterocycles. The first-order chi connectivity index (χ1) is 7.28. The fourth-order valence-electron chi connectivity index (χ4n) is 2.33. The van der Waals surface area contributed by atoms with Crippen molar-refractivity contribution in [1.29, 1.82) is 0 Å². The van der Waals surface area contributed by atoms with Gasteiger partial charge >= 0.3 is 0 Å². The lowest BCUT2D eigenvalue weighted by molar-refractivity contribution is -0.227. The van der Waals surface area contributed by atoms with Gasteiger partial charge in [0.05, 0.1) is 31.3 Å². The fourth-order valence-corrected chi connectivity index (χ4v) is 2.48. The van der Waals surface area contributed by atoms with Crippen LogP contribution in [0, 0.1) is 0 Å². The van der Waals surface area contributed by atoms with Crippen molar-refractivity contribution >= 4 is 11.6 Å². The van der Waals surface area contributed by atoms with Crippen LogP contribution in [-0.2, 0) is 14.2 Å². The monoisotopic (exact) mass is 234 g/mol. The second kappa shape index (κ2) is 5.00. The predicted octanol–water partition coefficient (Wildman–Crippen LogP) is 2.32. The van der Waals surface area contributed by atoms with Crippen molar-refractivity contribution in [3.8, 4) is 0 Å². The maximum absolute atomic E-state index is 5.88. The molecule has 15 heavy (non-hydrogen) atoms. The van der Waals surface area contributed by atoms with Crippen molar-refractivity contribution in [2.45, 2.75) is 50.6 Å². The number of hydrogen-bond acceptors (Lipinski definition) is 3. The molecular weight excluding hydrogens is 216 g/mol. The third-order valence-electron chi connectivity index (χ3n) is 3.07. The maximum Gasteiger partial charge on any atom is 0.173 e. The average Bonchev–Trinajstić information content (AvgIpc) is 2.62. The minimum atomic E-state index is -0.391. The Morgan fingerprint density at radius 2 is 2.27 bits per heavy atom. The predicted molar refractivity (Wildman–Crippen MR) is 58.2 cm³/mol. The topological polar surface area (TPSA) is 27.7 Å². The average molecular weight is 235 g/mol. The van der Waals surface area contributed by atoms with Gasteiger partial charge in [-0.2, -0.15) is 0 Å². The summed E-state index contributed by atoms with van der Waals surface area (Å²) in [7, 11) is 0. The fraction of sp³-hybridized carbons (Fsp3) is 1.00. The molecule has 3 unspecified atom stereocenters. The smallest absolute Gasteiger partial charge is 0.173 e. The Balaban J connectivity index is 1.91. The second-order valence-corrected chi connectivity index (χ2v) is 4.66. The number of rotatable bonds is 3. The third-order valence-corrected chi connectivity index (χ3v) is 3.42. The lowest BCUT2D eigenvalue weighted by Crippen LogP contribution is -2.42. The zero-order valence-corrected chi connectivity index (χ0v) is 9.96. The first-order valence-corrected chi connectivity index (χ1v) is 6.31. The number of halogens is 1. The van der Waals surface area contributed by atoms with E-state index >= 15 is 0 Å². The highest BCUT2D eigenvalue weighted by Crippen LogP contribution is 2.36. The van der Waals surface area contributed by atoms with Crippen molar-refractivity contribution in [3.05, 3.63) is 0 Å². The van der Waals surface area contributed by atoms with Crippen molar-refractivity contribution in [1.82, 2.24) is 0 Å². The largest absolute Gasteiger partial charge is 0.378 e. The molecule has 88 valence electrons. The third kappa shape index (κ3) is 2.64. The molecule has 0 aromatic carbocycles. The van der Waals surface area contributed by atoms with E-state index in [1.165, 1.54) is 0 Å². The van der Waals surface area contributed by atoms with Gasteiger partial charge in [-0.1, -0.05) is 13.3 Å². The van der Waals surface area contributed by atoms with E-state index in [-0.39, 0.29) is 12.2 Å². The molecule has 0 saturated carbocycles. The highest BCUT2D eigenvalue weighted by molar-refractivity contribution is 6.18. The van der Waals surface area contributed by atoms with Gasteiger partial charge < -0.3 is 14.2 Å². The second-order valence-electron chi connectivity index (χ2n) is 4.35. The zero-order chi connectivity index (χ0) is 10.7. The first-order valence-electron chi connectivity index (χ1n) is 5.77. The molecule has 3 atom stereocenters. The lowest BCUT2D eigenvalue weighted by atomic mass is 9.99. The van der Waals surface area contributed by atoms with Crippen LogP contribution in [0.1, 0.15) is 32.6 Å². The summed E-state index contributed by atoms with van der Waals surface area (Å²) in [6.45, 7) is 3.53. The molecule has 3 nitrogen and oxygen atoms in total. The molecule has 2 aliphatic rings. The van der Waals surface area contributed by atoms with Crippen LogP contribution in [-0.4, -0.2) is 37.1 Å². The first kappa shape index (κ1) is 11.6. The molecule has 0 aliphatic carbocycles. The number of alkyl halides is 1. The van der Waals surface area contributed by atoms with Crippen molar-refractivity contribution in [2.75, 3.05) is 19.1 Å². The molecule has 0 amide bonds. The van der Waals surface area contributed by atoms with Gasteiger partial charge in [-0.3, -0.25) is 0 Å². The molecule has 4 heteroatoms. The van der Waals surface area contributed by atoms with E-state index in [0.29, 0.717) is 12.5 Å². The molecule has 0 radical (unpaired) electrons. The molecule has 0 aromatic rings. The van der Waals surface area contributed by atoms with Gasteiger partial charge in [0.15, 0.2) is 5.79 Å². The van der Waals surface area contributed by atoms with Gasteiger partial charge in [-0.15, -0.1) is 11.6 Å². The molecule has 2 fully saturated rings. The van der Waals surface area contributed by atoms with E-state index in [9.17, 15) is 0 Å². The normalized spacial score (nSPS) is 41.2. The summed E-state index contributed by atoms with van der Waals surface area (Å²) in [5.74, 6) is 0.124. The number of hydrogen-bond donors (Lipinski definition) is 0. The summed E-state index contributed by atoms with van der Waals surface area (Å²) in [4.78, 5) is 0. The Morgan fingerprint density at radius 1 is 1.40 bits per heavy atom. The maximum atomic E-state index is 5.88. The Kier molecular flexibility index (Phi) is 3.88. The Bertz CT molecular complexity index is 210. The lowest BCUT2D eigenvalue weighted by Gasteiger charge is -2.36. The minimum absolute atomic E-state index is 0.0621. The van der Waals surface area contributed by atoms with Gasteiger partial charge in [-0.25, -0.2) is 0 Å². The van der Waals surface area contributed by atoms with Gasteiger partial charge in [0.2, 0.25) is 0 Å². The summed E-state index contributed by atoms with van der Waals surface area (Å²) in [5, 5.41) is 0. The summed E-state index contributed by atoms with van der Waals surface area (Å²) < 4.78 is 17.3. The minimum Gasteiger partial charge on any atom is -0.378 e. The van der Waals surface area contributed by atoms with Crippen molar-refractivity contribution in [3.63, 3.8) is 0 Å². The van der Waals surface area contributed by atoms with Crippen LogP contribution >= 0.6 is 11.6 Å². The van der Waals surface area contributed by atoms with Crippen LogP contribution < -0.4 is 0 Å².